The zero-order chi connectivity index (χ0) is 10.8. The average molecular weight is 273 g/mol. The molecule has 1 saturated heterocycles. The molecule has 1 aromatic carbocycles. The van der Waals surface area contributed by atoms with E-state index in [0.717, 1.165) is 13.1 Å². The number of nitro benzene ring substituents is 1. The van der Waals surface area contributed by atoms with Crippen molar-refractivity contribution in [1.29, 1.82) is 0 Å². The maximum absolute atomic E-state index is 10.5. The quantitative estimate of drug-likeness (QED) is 0.672. The molecule has 80 valence electrons. The van der Waals surface area contributed by atoms with Gasteiger partial charge in [0.25, 0.3) is 5.69 Å². The fourth-order valence-electron chi connectivity index (χ4n) is 1.22. The molecule has 0 unspecified atom stereocenters. The first-order valence-corrected chi connectivity index (χ1v) is 5.27. The van der Waals surface area contributed by atoms with Crippen LogP contribution in [0.2, 0.25) is 0 Å². The Kier molecular flexibility index (Phi) is 2.88. The molecule has 0 radical (unpaired) electrons. The van der Waals surface area contributed by atoms with E-state index in [4.69, 9.17) is 4.74 Å². The summed E-state index contributed by atoms with van der Waals surface area (Å²) in [6.07, 6.45) is 0.169. The molecule has 0 saturated carbocycles. The summed E-state index contributed by atoms with van der Waals surface area (Å²) < 4.78 is 6.20. The summed E-state index contributed by atoms with van der Waals surface area (Å²) >= 11 is 3.25. The van der Waals surface area contributed by atoms with Crippen molar-refractivity contribution in [3.05, 3.63) is 32.8 Å². The van der Waals surface area contributed by atoms with E-state index in [-0.39, 0.29) is 11.8 Å². The zero-order valence-electron chi connectivity index (χ0n) is 7.77. The summed E-state index contributed by atoms with van der Waals surface area (Å²) in [6, 6.07) is 4.49. The first-order valence-electron chi connectivity index (χ1n) is 4.48. The van der Waals surface area contributed by atoms with Gasteiger partial charge in [-0.1, -0.05) is 0 Å². The van der Waals surface area contributed by atoms with Gasteiger partial charge in [-0.3, -0.25) is 10.1 Å². The number of nitrogens with zero attached hydrogens (tertiary/aromatic N) is 1. The molecule has 0 bridgehead atoms. The predicted molar refractivity (Wildman–Crippen MR) is 58.1 cm³/mol. The molecular weight excluding hydrogens is 264 g/mol. The minimum absolute atomic E-state index is 0.0564. The number of hydrogen-bond acceptors (Lipinski definition) is 4. The molecule has 1 heterocycles. The molecule has 1 aromatic rings. The molecular formula is C9H9BrN2O3. The second kappa shape index (κ2) is 4.16. The van der Waals surface area contributed by atoms with Crippen molar-refractivity contribution in [2.45, 2.75) is 6.10 Å². The summed E-state index contributed by atoms with van der Waals surface area (Å²) in [5, 5.41) is 13.6. The Morgan fingerprint density at radius 3 is 2.73 bits per heavy atom. The highest BCUT2D eigenvalue weighted by atomic mass is 79.9. The smallest absolute Gasteiger partial charge is 0.270 e. The van der Waals surface area contributed by atoms with Gasteiger partial charge >= 0.3 is 0 Å². The van der Waals surface area contributed by atoms with Crippen LogP contribution in [0, 0.1) is 10.1 Å². The van der Waals surface area contributed by atoms with Crippen molar-refractivity contribution in [2.24, 2.45) is 0 Å². The standard InChI is InChI=1S/C9H9BrN2O3/c10-8-3-6(12(13)14)1-2-9(8)15-7-4-11-5-7/h1-3,7,11H,4-5H2. The van der Waals surface area contributed by atoms with Gasteiger partial charge in [0, 0.05) is 25.2 Å². The highest BCUT2D eigenvalue weighted by molar-refractivity contribution is 9.10. The van der Waals surface area contributed by atoms with Crippen molar-refractivity contribution in [1.82, 2.24) is 5.32 Å². The van der Waals surface area contributed by atoms with Crippen LogP contribution in [-0.4, -0.2) is 24.1 Å². The SMILES string of the molecule is O=[N+]([O-])c1ccc(OC2CNC2)c(Br)c1. The van der Waals surface area contributed by atoms with E-state index in [9.17, 15) is 10.1 Å². The van der Waals surface area contributed by atoms with Gasteiger partial charge in [-0.05, 0) is 22.0 Å². The Morgan fingerprint density at radius 2 is 2.27 bits per heavy atom. The number of halogens is 1. The van der Waals surface area contributed by atoms with Crippen molar-refractivity contribution < 1.29 is 9.66 Å². The summed E-state index contributed by atoms with van der Waals surface area (Å²) in [6.45, 7) is 1.65. The van der Waals surface area contributed by atoms with Crippen molar-refractivity contribution >= 4 is 21.6 Å². The lowest BCUT2D eigenvalue weighted by Gasteiger charge is -2.28. The van der Waals surface area contributed by atoms with E-state index in [1.165, 1.54) is 12.1 Å². The Balaban J connectivity index is 2.14. The molecule has 0 aliphatic carbocycles. The van der Waals surface area contributed by atoms with E-state index >= 15 is 0 Å². The predicted octanol–water partition coefficient (Wildman–Crippen LogP) is 1.71. The van der Waals surface area contributed by atoms with Crippen LogP contribution in [0.3, 0.4) is 0 Å². The lowest BCUT2D eigenvalue weighted by Crippen LogP contribution is -2.50. The fraction of sp³-hybridized carbons (Fsp3) is 0.333. The minimum atomic E-state index is -0.431. The molecule has 1 fully saturated rings. The molecule has 15 heavy (non-hydrogen) atoms. The zero-order valence-corrected chi connectivity index (χ0v) is 9.36. The third-order valence-corrected chi connectivity index (χ3v) is 2.78. The van der Waals surface area contributed by atoms with Crippen LogP contribution in [0.4, 0.5) is 5.69 Å². The van der Waals surface area contributed by atoms with E-state index < -0.39 is 4.92 Å². The third kappa shape index (κ3) is 2.27. The summed E-state index contributed by atoms with van der Waals surface area (Å²) in [5.41, 5.74) is 0.0564. The molecule has 1 aliphatic rings. The maximum atomic E-state index is 10.5. The van der Waals surface area contributed by atoms with Crippen LogP contribution < -0.4 is 10.1 Å². The van der Waals surface area contributed by atoms with Gasteiger partial charge in [0.2, 0.25) is 0 Å². The third-order valence-electron chi connectivity index (χ3n) is 2.16. The Labute approximate surface area is 94.7 Å². The molecule has 2 rings (SSSR count). The lowest BCUT2D eigenvalue weighted by molar-refractivity contribution is -0.385. The van der Waals surface area contributed by atoms with Crippen LogP contribution in [0.25, 0.3) is 0 Å². The highest BCUT2D eigenvalue weighted by Crippen LogP contribution is 2.30. The highest BCUT2D eigenvalue weighted by Gasteiger charge is 2.20. The van der Waals surface area contributed by atoms with Gasteiger partial charge in [0.1, 0.15) is 11.9 Å². The fourth-order valence-corrected chi connectivity index (χ4v) is 1.68. The minimum Gasteiger partial charge on any atom is -0.487 e. The summed E-state index contributed by atoms with van der Waals surface area (Å²) in [5.74, 6) is 0.645. The Bertz CT molecular complexity index is 393. The topological polar surface area (TPSA) is 64.4 Å². The van der Waals surface area contributed by atoms with Crippen molar-refractivity contribution in [2.75, 3.05) is 13.1 Å². The normalized spacial score (nSPS) is 15.8. The molecule has 0 spiro atoms. The van der Waals surface area contributed by atoms with E-state index in [1.807, 2.05) is 0 Å². The number of ether oxygens (including phenoxy) is 1. The van der Waals surface area contributed by atoms with Crippen LogP contribution in [0.15, 0.2) is 22.7 Å². The van der Waals surface area contributed by atoms with Crippen molar-refractivity contribution in [3.63, 3.8) is 0 Å². The molecule has 0 aromatic heterocycles. The Morgan fingerprint density at radius 1 is 1.53 bits per heavy atom. The number of nitrogens with one attached hydrogen (secondary N) is 1. The van der Waals surface area contributed by atoms with Gasteiger partial charge in [0.15, 0.2) is 0 Å². The van der Waals surface area contributed by atoms with Crippen LogP contribution in [-0.2, 0) is 0 Å². The second-order valence-corrected chi connectivity index (χ2v) is 4.12. The van der Waals surface area contributed by atoms with Crippen LogP contribution in [0.5, 0.6) is 5.75 Å². The molecule has 6 heteroatoms. The molecule has 0 amide bonds. The second-order valence-electron chi connectivity index (χ2n) is 3.27. The first kappa shape index (κ1) is 10.4. The maximum Gasteiger partial charge on any atom is 0.270 e. The molecule has 1 N–H and O–H groups in total. The van der Waals surface area contributed by atoms with Gasteiger partial charge in [-0.2, -0.15) is 0 Å². The monoisotopic (exact) mass is 272 g/mol. The van der Waals surface area contributed by atoms with E-state index in [2.05, 4.69) is 21.2 Å². The van der Waals surface area contributed by atoms with E-state index in [0.29, 0.717) is 10.2 Å². The van der Waals surface area contributed by atoms with Crippen molar-refractivity contribution in [3.8, 4) is 5.75 Å². The number of hydrogen-bond donors (Lipinski definition) is 1. The lowest BCUT2D eigenvalue weighted by atomic mass is 10.2. The number of non-ortho nitro benzene ring substituents is 1. The number of rotatable bonds is 3. The van der Waals surface area contributed by atoms with Crippen LogP contribution in [0.1, 0.15) is 0 Å². The largest absolute Gasteiger partial charge is 0.487 e. The van der Waals surface area contributed by atoms with Gasteiger partial charge in [-0.25, -0.2) is 0 Å². The van der Waals surface area contributed by atoms with Gasteiger partial charge < -0.3 is 10.1 Å². The number of benzene rings is 1. The Hall–Kier alpha value is -1.14. The van der Waals surface area contributed by atoms with Gasteiger partial charge in [0.05, 0.1) is 9.40 Å². The first-order chi connectivity index (χ1) is 7.16. The van der Waals surface area contributed by atoms with Gasteiger partial charge in [-0.15, -0.1) is 0 Å². The van der Waals surface area contributed by atoms with E-state index in [1.54, 1.807) is 6.07 Å². The van der Waals surface area contributed by atoms with Crippen LogP contribution >= 0.6 is 15.9 Å². The molecule has 5 nitrogen and oxygen atoms in total. The average Bonchev–Trinajstić information content (AvgIpc) is 2.12. The summed E-state index contributed by atoms with van der Waals surface area (Å²) in [7, 11) is 0. The molecule has 1 aliphatic heterocycles. The summed E-state index contributed by atoms with van der Waals surface area (Å²) in [4.78, 5) is 10.1. The molecule has 0 atom stereocenters. The number of nitro groups is 1.